The first-order valence-electron chi connectivity index (χ1n) is 6.54. The first-order valence-corrected chi connectivity index (χ1v) is 6.54. The summed E-state index contributed by atoms with van der Waals surface area (Å²) in [6, 6.07) is 7.47. The zero-order valence-corrected chi connectivity index (χ0v) is 12.4. The van der Waals surface area contributed by atoms with E-state index in [2.05, 4.69) is 31.4 Å². The molecule has 0 fully saturated rings. The summed E-state index contributed by atoms with van der Waals surface area (Å²) in [7, 11) is 1.53. The highest BCUT2D eigenvalue weighted by atomic mass is 16.5. The van der Waals surface area contributed by atoms with Crippen molar-refractivity contribution in [2.75, 3.05) is 25.6 Å². The molecule has 0 saturated heterocycles. The molecule has 1 rings (SSSR count). The monoisotopic (exact) mass is 278 g/mol. The summed E-state index contributed by atoms with van der Waals surface area (Å²) in [6.45, 7) is 6.84. The molecule has 1 aromatic rings. The molecule has 0 saturated carbocycles. The van der Waals surface area contributed by atoms with E-state index in [4.69, 9.17) is 4.74 Å². The first kappa shape index (κ1) is 16.2. The van der Waals surface area contributed by atoms with Crippen LogP contribution in [0.4, 0.5) is 5.69 Å². The van der Waals surface area contributed by atoms with Gasteiger partial charge >= 0.3 is 11.8 Å². The molecule has 0 aliphatic rings. The fourth-order valence-electron chi connectivity index (χ4n) is 1.77. The molecular weight excluding hydrogens is 256 g/mol. The van der Waals surface area contributed by atoms with Gasteiger partial charge in [-0.25, -0.2) is 0 Å². The molecule has 2 amide bonds. The Morgan fingerprint density at radius 2 is 1.80 bits per heavy atom. The number of amides is 2. The minimum absolute atomic E-state index is 0.115. The number of hydrogen-bond donors (Lipinski definition) is 2. The minimum Gasteiger partial charge on any atom is -0.383 e. The van der Waals surface area contributed by atoms with Crippen molar-refractivity contribution in [3.8, 4) is 0 Å². The predicted molar refractivity (Wildman–Crippen MR) is 78.7 cm³/mol. The van der Waals surface area contributed by atoms with Crippen molar-refractivity contribution in [2.45, 2.75) is 26.2 Å². The van der Waals surface area contributed by atoms with Crippen LogP contribution in [0.25, 0.3) is 0 Å². The molecule has 0 unspecified atom stereocenters. The van der Waals surface area contributed by atoms with E-state index >= 15 is 0 Å². The van der Waals surface area contributed by atoms with Gasteiger partial charge in [0.1, 0.15) is 0 Å². The van der Waals surface area contributed by atoms with Gasteiger partial charge in [-0.15, -0.1) is 0 Å². The van der Waals surface area contributed by atoms with Gasteiger partial charge in [0.15, 0.2) is 0 Å². The van der Waals surface area contributed by atoms with Crippen molar-refractivity contribution in [3.05, 3.63) is 29.8 Å². The molecule has 0 heterocycles. The maximum Gasteiger partial charge on any atom is 0.313 e. The van der Waals surface area contributed by atoms with Gasteiger partial charge in [-0.2, -0.15) is 0 Å². The van der Waals surface area contributed by atoms with Crippen LogP contribution in [-0.2, 0) is 19.7 Å². The molecule has 0 radical (unpaired) electrons. The number of hydrogen-bond acceptors (Lipinski definition) is 3. The Balaban J connectivity index is 2.74. The maximum atomic E-state index is 11.8. The van der Waals surface area contributed by atoms with Gasteiger partial charge in [-0.1, -0.05) is 39.0 Å². The Morgan fingerprint density at radius 3 is 2.40 bits per heavy atom. The van der Waals surface area contributed by atoms with E-state index in [0.29, 0.717) is 18.8 Å². The fourth-order valence-corrected chi connectivity index (χ4v) is 1.77. The highest BCUT2D eigenvalue weighted by Gasteiger charge is 2.20. The van der Waals surface area contributed by atoms with Crippen molar-refractivity contribution in [1.29, 1.82) is 0 Å². The lowest BCUT2D eigenvalue weighted by Crippen LogP contribution is -2.37. The first-order chi connectivity index (χ1) is 9.36. The van der Waals surface area contributed by atoms with Gasteiger partial charge in [0, 0.05) is 19.3 Å². The smallest absolute Gasteiger partial charge is 0.313 e. The minimum atomic E-state index is -0.669. The normalized spacial score (nSPS) is 11.0. The summed E-state index contributed by atoms with van der Waals surface area (Å²) < 4.78 is 4.81. The van der Waals surface area contributed by atoms with E-state index in [0.717, 1.165) is 5.56 Å². The molecule has 1 aromatic carbocycles. The van der Waals surface area contributed by atoms with Gasteiger partial charge < -0.3 is 15.4 Å². The molecule has 2 N–H and O–H groups in total. The van der Waals surface area contributed by atoms with Crippen LogP contribution in [0.2, 0.25) is 0 Å². The van der Waals surface area contributed by atoms with Crippen molar-refractivity contribution in [1.82, 2.24) is 5.32 Å². The summed E-state index contributed by atoms with van der Waals surface area (Å²) in [5.74, 6) is -1.33. The third-order valence-electron chi connectivity index (χ3n) is 2.78. The second-order valence-corrected chi connectivity index (χ2v) is 5.50. The number of rotatable bonds is 4. The zero-order valence-electron chi connectivity index (χ0n) is 12.4. The second-order valence-electron chi connectivity index (χ2n) is 5.50. The summed E-state index contributed by atoms with van der Waals surface area (Å²) in [5, 5.41) is 5.14. The lowest BCUT2D eigenvalue weighted by Gasteiger charge is -2.22. The lowest BCUT2D eigenvalue weighted by atomic mass is 9.86. The molecule has 0 bridgehead atoms. The Labute approximate surface area is 119 Å². The number of para-hydroxylation sites is 1. The van der Waals surface area contributed by atoms with Crippen molar-refractivity contribution < 1.29 is 14.3 Å². The number of ether oxygens (including phenoxy) is 1. The summed E-state index contributed by atoms with van der Waals surface area (Å²) in [6.07, 6.45) is 0. The van der Waals surface area contributed by atoms with Crippen molar-refractivity contribution in [2.24, 2.45) is 0 Å². The zero-order chi connectivity index (χ0) is 15.2. The molecule has 0 atom stereocenters. The standard InChI is InChI=1S/C15H22N2O3/c1-15(2,3)11-7-5-6-8-12(11)17-14(19)13(18)16-9-10-20-4/h5-8H,9-10H2,1-4H3,(H,16,18)(H,17,19). The summed E-state index contributed by atoms with van der Waals surface area (Å²) in [5.41, 5.74) is 1.53. The SMILES string of the molecule is COCCNC(=O)C(=O)Nc1ccccc1C(C)(C)C. The van der Waals surface area contributed by atoms with Crippen molar-refractivity contribution >= 4 is 17.5 Å². The van der Waals surface area contributed by atoms with E-state index in [9.17, 15) is 9.59 Å². The Bertz CT molecular complexity index is 478. The van der Waals surface area contributed by atoms with Gasteiger partial charge in [0.25, 0.3) is 0 Å². The van der Waals surface area contributed by atoms with Crippen LogP contribution in [0, 0.1) is 0 Å². The summed E-state index contributed by atoms with van der Waals surface area (Å²) in [4.78, 5) is 23.4. The largest absolute Gasteiger partial charge is 0.383 e. The number of anilines is 1. The Kier molecular flexibility index (Phi) is 5.70. The number of benzene rings is 1. The number of carbonyl (C=O) groups excluding carboxylic acids is 2. The van der Waals surface area contributed by atoms with Crippen LogP contribution in [0.3, 0.4) is 0 Å². The Hall–Kier alpha value is -1.88. The highest BCUT2D eigenvalue weighted by Crippen LogP contribution is 2.29. The van der Waals surface area contributed by atoms with Crippen LogP contribution in [-0.4, -0.2) is 32.1 Å². The maximum absolute atomic E-state index is 11.8. The van der Waals surface area contributed by atoms with E-state index in [-0.39, 0.29) is 5.41 Å². The van der Waals surface area contributed by atoms with Crippen LogP contribution in [0.1, 0.15) is 26.3 Å². The number of carbonyl (C=O) groups is 2. The van der Waals surface area contributed by atoms with Gasteiger partial charge in [-0.3, -0.25) is 9.59 Å². The molecular formula is C15H22N2O3. The quantitative estimate of drug-likeness (QED) is 0.650. The molecule has 110 valence electrons. The molecule has 0 aromatic heterocycles. The van der Waals surface area contributed by atoms with E-state index < -0.39 is 11.8 Å². The van der Waals surface area contributed by atoms with Gasteiger partial charge in [-0.05, 0) is 17.0 Å². The molecule has 0 aliphatic carbocycles. The van der Waals surface area contributed by atoms with E-state index in [1.165, 1.54) is 7.11 Å². The number of nitrogens with one attached hydrogen (secondary N) is 2. The molecule has 20 heavy (non-hydrogen) atoms. The third-order valence-corrected chi connectivity index (χ3v) is 2.78. The molecule has 0 spiro atoms. The number of methoxy groups -OCH3 is 1. The average molecular weight is 278 g/mol. The van der Waals surface area contributed by atoms with E-state index in [1.54, 1.807) is 6.07 Å². The lowest BCUT2D eigenvalue weighted by molar-refractivity contribution is -0.136. The predicted octanol–water partition coefficient (Wildman–Crippen LogP) is 1.69. The van der Waals surface area contributed by atoms with Crippen LogP contribution in [0.15, 0.2) is 24.3 Å². The molecule has 5 nitrogen and oxygen atoms in total. The highest BCUT2D eigenvalue weighted by molar-refractivity contribution is 6.39. The van der Waals surface area contributed by atoms with E-state index in [1.807, 2.05) is 18.2 Å². The molecule has 0 aliphatic heterocycles. The summed E-state index contributed by atoms with van der Waals surface area (Å²) >= 11 is 0. The Morgan fingerprint density at radius 1 is 1.15 bits per heavy atom. The topological polar surface area (TPSA) is 67.4 Å². The molecule has 5 heteroatoms. The van der Waals surface area contributed by atoms with Crippen LogP contribution >= 0.6 is 0 Å². The van der Waals surface area contributed by atoms with Gasteiger partial charge in [0.05, 0.1) is 6.61 Å². The third kappa shape index (κ3) is 4.66. The van der Waals surface area contributed by atoms with Crippen molar-refractivity contribution in [3.63, 3.8) is 0 Å². The van der Waals surface area contributed by atoms with Gasteiger partial charge in [0.2, 0.25) is 0 Å². The van der Waals surface area contributed by atoms with Crippen LogP contribution < -0.4 is 10.6 Å². The fraction of sp³-hybridized carbons (Fsp3) is 0.467. The second kappa shape index (κ2) is 7.05. The van der Waals surface area contributed by atoms with Crippen LogP contribution in [0.5, 0.6) is 0 Å². The average Bonchev–Trinajstić information content (AvgIpc) is 2.38.